The predicted molar refractivity (Wildman–Crippen MR) is 101 cm³/mol. The zero-order valence-corrected chi connectivity index (χ0v) is 14.8. The summed E-state index contributed by atoms with van der Waals surface area (Å²) in [6.07, 6.45) is 4.03. The molecule has 2 aliphatic rings. The second kappa shape index (κ2) is 6.67. The number of carbonyl (C=O) groups is 2. The lowest BCUT2D eigenvalue weighted by molar-refractivity contribution is -0.170. The largest absolute Gasteiger partial charge is 0.480 e. The standard InChI is InChI=1S/C22H21NO4/c23-19-11-5-6-12-22(19,20(24)25)21(26)27-13-18-16-9-3-1-7-14(16)15-8-2-4-10-17(15)18/h1-5,7-11,18-19H,6,12-13,23H2,(H,24,25). The van der Waals surface area contributed by atoms with E-state index in [0.29, 0.717) is 6.42 Å². The summed E-state index contributed by atoms with van der Waals surface area (Å²) in [7, 11) is 0. The van der Waals surface area contributed by atoms with Crippen molar-refractivity contribution in [2.24, 2.45) is 11.1 Å². The Bertz CT molecular complexity index is 890. The van der Waals surface area contributed by atoms with Crippen molar-refractivity contribution in [2.75, 3.05) is 6.61 Å². The molecule has 0 fully saturated rings. The van der Waals surface area contributed by atoms with Gasteiger partial charge < -0.3 is 15.6 Å². The highest BCUT2D eigenvalue weighted by Gasteiger charge is 2.52. The maximum atomic E-state index is 12.8. The minimum atomic E-state index is -1.72. The number of benzene rings is 2. The zero-order chi connectivity index (χ0) is 19.0. The molecule has 0 heterocycles. The second-order valence-corrected chi connectivity index (χ2v) is 7.09. The Morgan fingerprint density at radius 1 is 1.07 bits per heavy atom. The normalized spacial score (nSPS) is 23.5. The summed E-state index contributed by atoms with van der Waals surface area (Å²) in [5.74, 6) is -2.09. The third kappa shape index (κ3) is 2.66. The number of carboxylic acids is 1. The number of ether oxygens (including phenoxy) is 1. The first-order valence-corrected chi connectivity index (χ1v) is 9.07. The molecule has 0 amide bonds. The third-order valence-electron chi connectivity index (χ3n) is 5.71. The van der Waals surface area contributed by atoms with Gasteiger partial charge in [-0.15, -0.1) is 0 Å². The van der Waals surface area contributed by atoms with Crippen LogP contribution in [0.25, 0.3) is 11.1 Å². The number of aliphatic carboxylic acids is 1. The Kier molecular flexibility index (Phi) is 4.32. The Hall–Kier alpha value is -2.92. The van der Waals surface area contributed by atoms with Crippen LogP contribution in [0.3, 0.4) is 0 Å². The van der Waals surface area contributed by atoms with E-state index in [-0.39, 0.29) is 18.9 Å². The highest BCUT2D eigenvalue weighted by Crippen LogP contribution is 2.45. The Labute approximate surface area is 157 Å². The molecule has 2 aromatic carbocycles. The highest BCUT2D eigenvalue weighted by atomic mass is 16.5. The molecule has 2 atom stereocenters. The van der Waals surface area contributed by atoms with Gasteiger partial charge >= 0.3 is 11.9 Å². The summed E-state index contributed by atoms with van der Waals surface area (Å²) in [6, 6.07) is 15.1. The molecule has 2 unspecified atom stereocenters. The number of rotatable bonds is 4. The topological polar surface area (TPSA) is 89.6 Å². The van der Waals surface area contributed by atoms with E-state index < -0.39 is 23.4 Å². The molecule has 3 N–H and O–H groups in total. The van der Waals surface area contributed by atoms with Crippen LogP contribution < -0.4 is 5.73 Å². The van der Waals surface area contributed by atoms with Crippen LogP contribution in [0.5, 0.6) is 0 Å². The van der Waals surface area contributed by atoms with Gasteiger partial charge in [-0.3, -0.25) is 9.59 Å². The zero-order valence-electron chi connectivity index (χ0n) is 14.8. The van der Waals surface area contributed by atoms with Gasteiger partial charge in [-0.25, -0.2) is 0 Å². The third-order valence-corrected chi connectivity index (χ3v) is 5.71. The van der Waals surface area contributed by atoms with Crippen molar-refractivity contribution in [1.82, 2.24) is 0 Å². The Balaban J connectivity index is 1.61. The predicted octanol–water partition coefficient (Wildman–Crippen LogP) is 3.09. The van der Waals surface area contributed by atoms with Crippen LogP contribution in [0.4, 0.5) is 0 Å². The molecule has 138 valence electrons. The molecule has 0 saturated carbocycles. The number of fused-ring (bicyclic) bond motifs is 3. The van der Waals surface area contributed by atoms with Gasteiger partial charge in [-0.1, -0.05) is 60.7 Å². The number of carboxylic acid groups (broad SMARTS) is 1. The molecule has 0 aliphatic heterocycles. The van der Waals surface area contributed by atoms with E-state index in [0.717, 1.165) is 22.3 Å². The Morgan fingerprint density at radius 2 is 1.67 bits per heavy atom. The number of esters is 1. The lowest BCUT2D eigenvalue weighted by Gasteiger charge is -2.33. The summed E-state index contributed by atoms with van der Waals surface area (Å²) in [6.45, 7) is 0.0956. The van der Waals surface area contributed by atoms with Crippen LogP contribution in [0.1, 0.15) is 29.9 Å². The summed E-state index contributed by atoms with van der Waals surface area (Å²) in [5.41, 5.74) is 8.69. The molecule has 0 saturated heterocycles. The number of carbonyl (C=O) groups excluding carboxylic acids is 1. The lowest BCUT2D eigenvalue weighted by Crippen LogP contribution is -2.54. The number of hydrogen-bond donors (Lipinski definition) is 2. The van der Waals surface area contributed by atoms with E-state index >= 15 is 0 Å². The van der Waals surface area contributed by atoms with Gasteiger partial charge in [0.25, 0.3) is 0 Å². The van der Waals surface area contributed by atoms with Gasteiger partial charge in [0, 0.05) is 12.0 Å². The molecule has 5 nitrogen and oxygen atoms in total. The van der Waals surface area contributed by atoms with E-state index in [9.17, 15) is 14.7 Å². The van der Waals surface area contributed by atoms with E-state index in [1.165, 1.54) is 0 Å². The van der Waals surface area contributed by atoms with Crippen LogP contribution in [-0.2, 0) is 14.3 Å². The fourth-order valence-electron chi connectivity index (χ4n) is 4.19. The van der Waals surface area contributed by atoms with Crippen molar-refractivity contribution in [3.8, 4) is 11.1 Å². The monoisotopic (exact) mass is 363 g/mol. The van der Waals surface area contributed by atoms with E-state index in [4.69, 9.17) is 10.5 Å². The van der Waals surface area contributed by atoms with Gasteiger partial charge in [-0.2, -0.15) is 0 Å². The molecule has 0 radical (unpaired) electrons. The summed E-state index contributed by atoms with van der Waals surface area (Å²) < 4.78 is 5.58. The second-order valence-electron chi connectivity index (χ2n) is 7.09. The molecule has 2 aromatic rings. The summed E-state index contributed by atoms with van der Waals surface area (Å²) in [4.78, 5) is 24.7. The van der Waals surface area contributed by atoms with Crippen molar-refractivity contribution in [2.45, 2.75) is 24.8 Å². The highest BCUT2D eigenvalue weighted by molar-refractivity contribution is 6.00. The maximum absolute atomic E-state index is 12.8. The number of allylic oxidation sites excluding steroid dienone is 1. The van der Waals surface area contributed by atoms with Crippen LogP contribution in [0.2, 0.25) is 0 Å². The minimum Gasteiger partial charge on any atom is -0.480 e. The van der Waals surface area contributed by atoms with Crippen molar-refractivity contribution >= 4 is 11.9 Å². The molecule has 0 bridgehead atoms. The van der Waals surface area contributed by atoms with Crippen molar-refractivity contribution in [3.63, 3.8) is 0 Å². The van der Waals surface area contributed by atoms with E-state index in [1.807, 2.05) is 42.5 Å². The lowest BCUT2D eigenvalue weighted by atomic mass is 9.73. The average molecular weight is 363 g/mol. The van der Waals surface area contributed by atoms with Gasteiger partial charge in [0.05, 0.1) is 0 Å². The first kappa shape index (κ1) is 17.5. The fourth-order valence-corrected chi connectivity index (χ4v) is 4.19. The van der Waals surface area contributed by atoms with Crippen LogP contribution in [0.15, 0.2) is 60.7 Å². The van der Waals surface area contributed by atoms with Gasteiger partial charge in [0.2, 0.25) is 0 Å². The van der Waals surface area contributed by atoms with E-state index in [1.54, 1.807) is 6.08 Å². The van der Waals surface area contributed by atoms with Crippen molar-refractivity contribution in [1.29, 1.82) is 0 Å². The average Bonchev–Trinajstić information content (AvgIpc) is 3.00. The summed E-state index contributed by atoms with van der Waals surface area (Å²) >= 11 is 0. The minimum absolute atomic E-state index is 0.0956. The smallest absolute Gasteiger partial charge is 0.325 e. The number of nitrogens with two attached hydrogens (primary N) is 1. The molecule has 27 heavy (non-hydrogen) atoms. The fraction of sp³-hybridized carbons (Fsp3) is 0.273. The first-order valence-electron chi connectivity index (χ1n) is 9.07. The number of hydrogen-bond acceptors (Lipinski definition) is 4. The van der Waals surface area contributed by atoms with Crippen LogP contribution >= 0.6 is 0 Å². The quantitative estimate of drug-likeness (QED) is 0.495. The van der Waals surface area contributed by atoms with Crippen LogP contribution in [0, 0.1) is 5.41 Å². The van der Waals surface area contributed by atoms with Gasteiger partial charge in [0.15, 0.2) is 5.41 Å². The van der Waals surface area contributed by atoms with E-state index in [2.05, 4.69) is 12.1 Å². The molecule has 2 aliphatic carbocycles. The van der Waals surface area contributed by atoms with Gasteiger partial charge in [0.1, 0.15) is 6.61 Å². The van der Waals surface area contributed by atoms with Crippen LogP contribution in [-0.4, -0.2) is 29.7 Å². The molecular weight excluding hydrogens is 342 g/mol. The van der Waals surface area contributed by atoms with Gasteiger partial charge in [-0.05, 0) is 35.1 Å². The molecule has 0 aromatic heterocycles. The molecular formula is C22H21NO4. The first-order chi connectivity index (χ1) is 13.1. The Morgan fingerprint density at radius 3 is 2.22 bits per heavy atom. The SMILES string of the molecule is NC1C=CCCC1(C(=O)O)C(=O)OCC1c2ccccc2-c2ccccc21. The summed E-state index contributed by atoms with van der Waals surface area (Å²) in [5, 5.41) is 9.72. The molecule has 5 heteroatoms. The molecule has 4 rings (SSSR count). The maximum Gasteiger partial charge on any atom is 0.325 e. The van der Waals surface area contributed by atoms with Crippen molar-refractivity contribution in [3.05, 3.63) is 71.8 Å². The van der Waals surface area contributed by atoms with Crippen molar-refractivity contribution < 1.29 is 19.4 Å². The molecule has 0 spiro atoms.